The Morgan fingerprint density at radius 1 is 1.12 bits per heavy atom. The fraction of sp³-hybridized carbons (Fsp3) is 0.267. The highest BCUT2D eigenvalue weighted by atomic mass is 35.5. The number of carbonyl (C=O) groups is 2. The lowest BCUT2D eigenvalue weighted by Crippen LogP contribution is -2.39. The summed E-state index contributed by atoms with van der Waals surface area (Å²) in [4.78, 5) is 46.2. The van der Waals surface area contributed by atoms with Crippen LogP contribution in [0, 0.1) is 0 Å². The number of aliphatic hydroxyl groups excluding tert-OH is 1. The first kappa shape index (κ1) is 29.7. The number of H-pyrrole nitrogens is 1. The summed E-state index contributed by atoms with van der Waals surface area (Å²) in [6.45, 7) is 5.18. The summed E-state index contributed by atoms with van der Waals surface area (Å²) in [5, 5.41) is 29.1. The maximum Gasteiger partial charge on any atom is 0.262 e. The number of rotatable bonds is 9. The molecule has 214 valence electrons. The number of aromatic amines is 1. The lowest BCUT2D eigenvalue weighted by molar-refractivity contribution is 0.0823. The molecule has 2 heterocycles. The van der Waals surface area contributed by atoms with E-state index in [4.69, 9.17) is 11.6 Å². The molecule has 1 aliphatic rings. The van der Waals surface area contributed by atoms with Crippen LogP contribution in [0.15, 0.2) is 75.8 Å². The van der Waals surface area contributed by atoms with Crippen molar-refractivity contribution in [1.29, 1.82) is 0 Å². The average Bonchev–Trinajstić information content (AvgIpc) is 3.09. The zero-order valence-electron chi connectivity index (χ0n) is 22.9. The van der Waals surface area contributed by atoms with E-state index < -0.39 is 29.0 Å². The molecule has 41 heavy (non-hydrogen) atoms. The van der Waals surface area contributed by atoms with Crippen molar-refractivity contribution in [2.75, 3.05) is 18.5 Å². The van der Waals surface area contributed by atoms with Crippen LogP contribution in [0.25, 0.3) is 6.08 Å². The minimum Gasteiger partial charge on any atom is -0.394 e. The van der Waals surface area contributed by atoms with E-state index in [1.807, 2.05) is 31.2 Å². The molecule has 10 nitrogen and oxygen atoms in total. The quantitative estimate of drug-likeness (QED) is 0.229. The Morgan fingerprint density at radius 3 is 2.54 bits per heavy atom. The van der Waals surface area contributed by atoms with Gasteiger partial charge in [0.2, 0.25) is 0 Å². The fourth-order valence-corrected chi connectivity index (χ4v) is 4.29. The molecule has 0 saturated carbocycles. The van der Waals surface area contributed by atoms with Crippen LogP contribution in [-0.2, 0) is 0 Å². The molecule has 0 aliphatic carbocycles. The van der Waals surface area contributed by atoms with Gasteiger partial charge in [-0.1, -0.05) is 48.0 Å². The lowest BCUT2D eigenvalue weighted by atomic mass is 10.1. The number of hydrogen-bond donors (Lipinski definition) is 6. The van der Waals surface area contributed by atoms with Gasteiger partial charge in [0.05, 0.1) is 29.0 Å². The number of allylic oxidation sites excluding steroid dienone is 1. The van der Waals surface area contributed by atoms with Gasteiger partial charge < -0.3 is 31.1 Å². The summed E-state index contributed by atoms with van der Waals surface area (Å²) in [6, 6.07) is 14.2. The highest BCUT2D eigenvalue weighted by Gasteiger charge is 2.19. The van der Waals surface area contributed by atoms with Crippen molar-refractivity contribution in [2.45, 2.75) is 38.8 Å². The van der Waals surface area contributed by atoms with E-state index in [9.17, 15) is 24.6 Å². The number of pyridine rings is 1. The molecule has 0 spiro atoms. The largest absolute Gasteiger partial charge is 0.394 e. The SMILES string of the molecule is CC1=C(NCC(C)(C)O)N=c2[nH]c(=O)c(C(=O)Nc3cc(C(=O)NC(CO)c4ccccc4)ccc3Cl)cc2=CC1. The van der Waals surface area contributed by atoms with Gasteiger partial charge >= 0.3 is 0 Å². The zero-order chi connectivity index (χ0) is 29.7. The van der Waals surface area contributed by atoms with E-state index in [-0.39, 0.29) is 40.5 Å². The molecule has 3 aromatic rings. The number of aliphatic hydroxyl groups is 2. The topological polar surface area (TPSA) is 156 Å². The van der Waals surface area contributed by atoms with Crippen molar-refractivity contribution in [3.05, 3.63) is 109 Å². The van der Waals surface area contributed by atoms with Crippen LogP contribution in [-0.4, -0.2) is 45.8 Å². The van der Waals surface area contributed by atoms with Gasteiger partial charge in [-0.25, -0.2) is 4.99 Å². The van der Waals surface area contributed by atoms with Gasteiger partial charge in [0.15, 0.2) is 0 Å². The Hall–Kier alpha value is -4.25. The Morgan fingerprint density at radius 2 is 1.85 bits per heavy atom. The summed E-state index contributed by atoms with van der Waals surface area (Å²) < 4.78 is 0. The Balaban J connectivity index is 1.56. The first-order valence-corrected chi connectivity index (χ1v) is 13.4. The van der Waals surface area contributed by atoms with Crippen LogP contribution < -0.4 is 32.2 Å². The molecule has 0 bridgehead atoms. The van der Waals surface area contributed by atoms with Crippen LogP contribution in [0.2, 0.25) is 5.02 Å². The Labute approximate surface area is 241 Å². The normalized spacial score (nSPS) is 13.7. The van der Waals surface area contributed by atoms with Crippen molar-refractivity contribution in [3.63, 3.8) is 0 Å². The maximum atomic E-state index is 13.2. The van der Waals surface area contributed by atoms with E-state index in [1.54, 1.807) is 26.0 Å². The molecule has 2 aromatic carbocycles. The monoisotopic (exact) mass is 577 g/mol. The third kappa shape index (κ3) is 7.49. The van der Waals surface area contributed by atoms with Gasteiger partial charge in [-0.3, -0.25) is 14.4 Å². The number of hydrogen-bond acceptors (Lipinski definition) is 7. The minimum atomic E-state index is -0.960. The summed E-state index contributed by atoms with van der Waals surface area (Å²) in [7, 11) is 0. The van der Waals surface area contributed by atoms with Gasteiger partial charge in [-0.2, -0.15) is 0 Å². The van der Waals surface area contributed by atoms with Gasteiger partial charge in [0.1, 0.15) is 16.9 Å². The summed E-state index contributed by atoms with van der Waals surface area (Å²) >= 11 is 6.31. The third-order valence-electron chi connectivity index (χ3n) is 6.41. The predicted octanol–water partition coefficient (Wildman–Crippen LogP) is 2.14. The maximum absolute atomic E-state index is 13.2. The van der Waals surface area contributed by atoms with E-state index in [2.05, 4.69) is 25.9 Å². The molecule has 0 fully saturated rings. The van der Waals surface area contributed by atoms with Crippen molar-refractivity contribution in [2.24, 2.45) is 4.99 Å². The smallest absolute Gasteiger partial charge is 0.262 e. The van der Waals surface area contributed by atoms with Crippen molar-refractivity contribution < 1.29 is 19.8 Å². The molecule has 1 atom stereocenters. The first-order valence-electron chi connectivity index (χ1n) is 13.0. The number of nitrogens with zero attached hydrogens (tertiary/aromatic N) is 1. The zero-order valence-corrected chi connectivity index (χ0v) is 23.7. The second kappa shape index (κ2) is 12.5. The molecular formula is C30H32ClN5O5. The Bertz CT molecular complexity index is 1680. The molecule has 11 heteroatoms. The molecule has 4 rings (SSSR count). The van der Waals surface area contributed by atoms with Crippen LogP contribution in [0.3, 0.4) is 0 Å². The number of fused-ring (bicyclic) bond motifs is 1. The van der Waals surface area contributed by atoms with Crippen LogP contribution in [0.4, 0.5) is 5.69 Å². The van der Waals surface area contributed by atoms with Crippen molar-refractivity contribution in [3.8, 4) is 0 Å². The van der Waals surface area contributed by atoms with Gasteiger partial charge in [0.25, 0.3) is 17.4 Å². The second-order valence-electron chi connectivity index (χ2n) is 10.4. The van der Waals surface area contributed by atoms with Gasteiger partial charge in [0, 0.05) is 17.3 Å². The highest BCUT2D eigenvalue weighted by Crippen LogP contribution is 2.24. The standard InChI is InChI=1S/C30H32ClN5O5/c1-17-9-10-19-13-21(29(40)36-26(19)35-25(17)32-16-30(2,3)41)28(39)33-23-14-20(11-12-22(23)31)27(38)34-24(15-37)18-7-5-4-6-8-18/h4-8,10-14,24,32,37,41H,9,15-16H2,1-3H3,(H,33,39)(H,34,38)(H,35,36,40). The van der Waals surface area contributed by atoms with Crippen LogP contribution >= 0.6 is 11.6 Å². The number of benzene rings is 2. The molecule has 1 aromatic heterocycles. The number of anilines is 1. The van der Waals surface area contributed by atoms with Crippen LogP contribution in [0.5, 0.6) is 0 Å². The molecule has 6 N–H and O–H groups in total. The lowest BCUT2D eigenvalue weighted by Gasteiger charge is -2.19. The van der Waals surface area contributed by atoms with Gasteiger partial charge in [-0.05, 0) is 62.6 Å². The first-order chi connectivity index (χ1) is 19.4. The summed E-state index contributed by atoms with van der Waals surface area (Å²) in [6.07, 6.45) is 2.36. The number of amides is 2. The highest BCUT2D eigenvalue weighted by molar-refractivity contribution is 6.34. The summed E-state index contributed by atoms with van der Waals surface area (Å²) in [5.74, 6) is -0.655. The molecule has 2 amide bonds. The fourth-order valence-electron chi connectivity index (χ4n) is 4.12. The third-order valence-corrected chi connectivity index (χ3v) is 6.74. The molecular weight excluding hydrogens is 546 g/mol. The van der Waals surface area contributed by atoms with Gasteiger partial charge in [-0.15, -0.1) is 0 Å². The van der Waals surface area contributed by atoms with E-state index in [1.165, 1.54) is 24.3 Å². The molecule has 1 aliphatic heterocycles. The van der Waals surface area contributed by atoms with E-state index in [0.717, 1.165) is 11.1 Å². The number of aromatic nitrogens is 1. The number of nitrogens with one attached hydrogen (secondary N) is 4. The van der Waals surface area contributed by atoms with E-state index >= 15 is 0 Å². The van der Waals surface area contributed by atoms with Crippen molar-refractivity contribution in [1.82, 2.24) is 15.6 Å². The minimum absolute atomic E-state index is 0.142. The van der Waals surface area contributed by atoms with Crippen molar-refractivity contribution >= 4 is 35.2 Å². The average molecular weight is 578 g/mol. The van der Waals surface area contributed by atoms with Crippen LogP contribution in [0.1, 0.15) is 59.5 Å². The number of carbonyl (C=O) groups excluding carboxylic acids is 2. The molecule has 1 unspecified atom stereocenters. The van der Waals surface area contributed by atoms with E-state index in [0.29, 0.717) is 17.5 Å². The molecule has 0 radical (unpaired) electrons. The second-order valence-corrected chi connectivity index (χ2v) is 10.8. The Kier molecular flexibility index (Phi) is 9.07. The molecule has 0 saturated heterocycles. The predicted molar refractivity (Wildman–Crippen MR) is 157 cm³/mol. The summed E-state index contributed by atoms with van der Waals surface area (Å²) in [5.41, 5.74) is 0.499. The number of halogens is 1.